The second-order valence-electron chi connectivity index (χ2n) is 6.27. The minimum Gasteiger partial charge on any atom is -0.375 e. The van der Waals surface area contributed by atoms with Crippen molar-refractivity contribution < 1.29 is 13.2 Å². The Bertz CT molecular complexity index is 398. The van der Waals surface area contributed by atoms with Gasteiger partial charge in [0.2, 0.25) is 10.0 Å². The van der Waals surface area contributed by atoms with E-state index in [4.69, 9.17) is 4.74 Å². The summed E-state index contributed by atoms with van der Waals surface area (Å²) in [6, 6.07) is 0.101. The number of hydrogen-bond donors (Lipinski definition) is 1. The van der Waals surface area contributed by atoms with Gasteiger partial charge in [-0.05, 0) is 50.9 Å². The van der Waals surface area contributed by atoms with E-state index in [9.17, 15) is 8.42 Å². The van der Waals surface area contributed by atoms with Gasteiger partial charge in [-0.3, -0.25) is 0 Å². The Morgan fingerprint density at radius 1 is 1.17 bits per heavy atom. The van der Waals surface area contributed by atoms with Crippen LogP contribution in [0.1, 0.15) is 51.4 Å². The standard InChI is InChI=1S/C13H23NO3S/c15-18(16,10-11-3-1-4-11)14-12-5-8-17-13(9-12)6-2-7-13/h11-12,14H,1-10H2. The molecule has 2 saturated carbocycles. The van der Waals surface area contributed by atoms with Crippen molar-refractivity contribution in [1.82, 2.24) is 4.72 Å². The molecule has 1 aliphatic heterocycles. The molecule has 1 saturated heterocycles. The predicted molar refractivity (Wildman–Crippen MR) is 69.8 cm³/mol. The van der Waals surface area contributed by atoms with Crippen LogP contribution in [0.5, 0.6) is 0 Å². The molecule has 4 nitrogen and oxygen atoms in total. The Labute approximate surface area is 110 Å². The van der Waals surface area contributed by atoms with Gasteiger partial charge in [0, 0.05) is 12.6 Å². The minimum absolute atomic E-state index is 0.0158. The summed E-state index contributed by atoms with van der Waals surface area (Å²) < 4.78 is 32.9. The molecule has 18 heavy (non-hydrogen) atoms. The number of rotatable bonds is 4. The van der Waals surface area contributed by atoms with Crippen LogP contribution < -0.4 is 4.72 Å². The molecule has 1 unspecified atom stereocenters. The lowest BCUT2D eigenvalue weighted by molar-refractivity contribution is -0.133. The molecule has 3 fully saturated rings. The largest absolute Gasteiger partial charge is 0.375 e. The third-order valence-corrected chi connectivity index (χ3v) is 6.39. The molecule has 1 atom stereocenters. The molecule has 0 aromatic carbocycles. The minimum atomic E-state index is -3.08. The van der Waals surface area contributed by atoms with E-state index in [0.29, 0.717) is 18.3 Å². The van der Waals surface area contributed by atoms with Crippen molar-refractivity contribution >= 4 is 10.0 Å². The fourth-order valence-electron chi connectivity index (χ4n) is 3.32. The Kier molecular flexibility index (Phi) is 3.41. The number of ether oxygens (including phenoxy) is 1. The van der Waals surface area contributed by atoms with E-state index in [-0.39, 0.29) is 11.6 Å². The van der Waals surface area contributed by atoms with Crippen molar-refractivity contribution in [2.75, 3.05) is 12.4 Å². The Morgan fingerprint density at radius 3 is 2.50 bits per heavy atom. The average molecular weight is 273 g/mol. The monoisotopic (exact) mass is 273 g/mol. The molecule has 2 aliphatic carbocycles. The molecule has 3 rings (SSSR count). The Morgan fingerprint density at radius 2 is 1.94 bits per heavy atom. The normalized spacial score (nSPS) is 31.9. The van der Waals surface area contributed by atoms with Gasteiger partial charge in [0.25, 0.3) is 0 Å². The summed E-state index contributed by atoms with van der Waals surface area (Å²) >= 11 is 0. The van der Waals surface area contributed by atoms with E-state index < -0.39 is 10.0 Å². The summed E-state index contributed by atoms with van der Waals surface area (Å²) in [6.45, 7) is 0.705. The molecule has 1 N–H and O–H groups in total. The van der Waals surface area contributed by atoms with Gasteiger partial charge >= 0.3 is 0 Å². The van der Waals surface area contributed by atoms with Crippen molar-refractivity contribution in [2.45, 2.75) is 63.0 Å². The van der Waals surface area contributed by atoms with E-state index in [1.807, 2.05) is 0 Å². The predicted octanol–water partition coefficient (Wildman–Crippen LogP) is 1.81. The molecule has 0 amide bonds. The molecule has 0 radical (unpaired) electrons. The van der Waals surface area contributed by atoms with Gasteiger partial charge in [0.05, 0.1) is 11.4 Å². The van der Waals surface area contributed by atoms with Crippen LogP contribution in [-0.2, 0) is 14.8 Å². The van der Waals surface area contributed by atoms with Gasteiger partial charge in [-0.2, -0.15) is 0 Å². The third-order valence-electron chi connectivity index (χ3n) is 4.78. The van der Waals surface area contributed by atoms with Crippen molar-refractivity contribution in [2.24, 2.45) is 5.92 Å². The van der Waals surface area contributed by atoms with Crippen LogP contribution in [0.2, 0.25) is 0 Å². The lowest BCUT2D eigenvalue weighted by Crippen LogP contribution is -2.52. The van der Waals surface area contributed by atoms with Crippen molar-refractivity contribution in [3.05, 3.63) is 0 Å². The highest BCUT2D eigenvalue weighted by atomic mass is 32.2. The van der Waals surface area contributed by atoms with Gasteiger partial charge in [-0.1, -0.05) is 6.42 Å². The maximum Gasteiger partial charge on any atom is 0.212 e. The third kappa shape index (κ3) is 2.73. The highest BCUT2D eigenvalue weighted by Crippen LogP contribution is 2.42. The lowest BCUT2D eigenvalue weighted by atomic mass is 9.74. The zero-order valence-electron chi connectivity index (χ0n) is 10.9. The Balaban J connectivity index is 1.54. The lowest BCUT2D eigenvalue weighted by Gasteiger charge is -2.47. The maximum atomic E-state index is 12.1. The van der Waals surface area contributed by atoms with E-state index in [0.717, 1.165) is 38.5 Å². The Hall–Kier alpha value is -0.130. The first-order chi connectivity index (χ1) is 8.57. The van der Waals surface area contributed by atoms with Gasteiger partial charge in [0.15, 0.2) is 0 Å². The van der Waals surface area contributed by atoms with Crippen LogP contribution in [0.15, 0.2) is 0 Å². The van der Waals surface area contributed by atoms with E-state index >= 15 is 0 Å². The zero-order valence-corrected chi connectivity index (χ0v) is 11.7. The summed E-state index contributed by atoms with van der Waals surface area (Å²) in [4.78, 5) is 0. The summed E-state index contributed by atoms with van der Waals surface area (Å²) in [5.41, 5.74) is 0.0158. The van der Waals surface area contributed by atoms with E-state index in [1.54, 1.807) is 0 Å². The van der Waals surface area contributed by atoms with Gasteiger partial charge in [0.1, 0.15) is 0 Å². The van der Waals surface area contributed by atoms with Crippen LogP contribution >= 0.6 is 0 Å². The van der Waals surface area contributed by atoms with Crippen LogP contribution in [0.4, 0.5) is 0 Å². The molecule has 0 bridgehead atoms. The zero-order chi connectivity index (χ0) is 12.6. The van der Waals surface area contributed by atoms with Crippen molar-refractivity contribution in [1.29, 1.82) is 0 Å². The molecule has 1 heterocycles. The van der Waals surface area contributed by atoms with Crippen LogP contribution in [0, 0.1) is 5.92 Å². The van der Waals surface area contributed by atoms with Crippen molar-refractivity contribution in [3.8, 4) is 0 Å². The van der Waals surface area contributed by atoms with E-state index in [1.165, 1.54) is 12.8 Å². The molecular weight excluding hydrogens is 250 g/mol. The van der Waals surface area contributed by atoms with Gasteiger partial charge in [-0.15, -0.1) is 0 Å². The van der Waals surface area contributed by atoms with Gasteiger partial charge in [-0.25, -0.2) is 13.1 Å². The van der Waals surface area contributed by atoms with Crippen LogP contribution in [0.3, 0.4) is 0 Å². The number of nitrogens with one attached hydrogen (secondary N) is 1. The fraction of sp³-hybridized carbons (Fsp3) is 1.00. The summed E-state index contributed by atoms with van der Waals surface area (Å²) in [5.74, 6) is 0.733. The molecular formula is C13H23NO3S. The van der Waals surface area contributed by atoms with Crippen LogP contribution in [0.25, 0.3) is 0 Å². The molecule has 104 valence electrons. The average Bonchev–Trinajstić information content (AvgIpc) is 2.21. The smallest absolute Gasteiger partial charge is 0.212 e. The SMILES string of the molecule is O=S(=O)(CC1CCC1)NC1CCOC2(CCC2)C1. The first kappa shape index (κ1) is 12.9. The second kappa shape index (κ2) is 4.76. The first-order valence-electron chi connectivity index (χ1n) is 7.21. The molecule has 3 aliphatic rings. The summed E-state index contributed by atoms with van der Waals surface area (Å²) in [6.07, 6.45) is 8.49. The quantitative estimate of drug-likeness (QED) is 0.850. The number of sulfonamides is 1. The summed E-state index contributed by atoms with van der Waals surface area (Å²) in [7, 11) is -3.08. The molecule has 5 heteroatoms. The van der Waals surface area contributed by atoms with Crippen LogP contribution in [-0.4, -0.2) is 32.4 Å². The maximum absolute atomic E-state index is 12.1. The fourth-order valence-corrected chi connectivity index (χ4v) is 5.08. The molecule has 0 aromatic rings. The highest BCUT2D eigenvalue weighted by molar-refractivity contribution is 7.89. The molecule has 1 spiro atoms. The first-order valence-corrected chi connectivity index (χ1v) is 8.86. The number of hydrogen-bond acceptors (Lipinski definition) is 3. The topological polar surface area (TPSA) is 55.4 Å². The van der Waals surface area contributed by atoms with Crippen molar-refractivity contribution in [3.63, 3.8) is 0 Å². The van der Waals surface area contributed by atoms with Gasteiger partial charge < -0.3 is 4.74 Å². The summed E-state index contributed by atoms with van der Waals surface area (Å²) in [5, 5.41) is 0. The van der Waals surface area contributed by atoms with E-state index in [2.05, 4.69) is 4.72 Å². The highest BCUT2D eigenvalue weighted by Gasteiger charge is 2.43. The molecule has 0 aromatic heterocycles. The second-order valence-corrected chi connectivity index (χ2v) is 8.07.